The largest absolute Gasteiger partial charge is 0.472 e. The summed E-state index contributed by atoms with van der Waals surface area (Å²) in [5.41, 5.74) is 0.316. The second kappa shape index (κ2) is 11.5. The predicted molar refractivity (Wildman–Crippen MR) is 134 cm³/mol. The molecule has 2 aromatic carbocycles. The summed E-state index contributed by atoms with van der Waals surface area (Å²) in [5.74, 6) is -1.51. The lowest BCUT2D eigenvalue weighted by molar-refractivity contribution is -0.139. The second-order valence-corrected chi connectivity index (χ2v) is 8.79. The van der Waals surface area contributed by atoms with Gasteiger partial charge in [0.15, 0.2) is 5.82 Å². The number of hydrogen-bond donors (Lipinski definition) is 2. The van der Waals surface area contributed by atoms with Crippen LogP contribution in [0, 0.1) is 5.82 Å². The lowest BCUT2D eigenvalue weighted by atomic mass is 10.1. The fourth-order valence-corrected chi connectivity index (χ4v) is 3.93. The molecule has 1 unspecified atom stereocenters. The Morgan fingerprint density at radius 2 is 1.84 bits per heavy atom. The molecule has 2 aromatic heterocycles. The highest BCUT2D eigenvalue weighted by Gasteiger charge is 2.34. The Bertz CT molecular complexity index is 1410. The molecule has 38 heavy (non-hydrogen) atoms. The van der Waals surface area contributed by atoms with Crippen molar-refractivity contribution in [3.8, 4) is 17.3 Å². The highest BCUT2D eigenvalue weighted by atomic mass is 32.1. The van der Waals surface area contributed by atoms with Gasteiger partial charge in [-0.15, -0.1) is 0 Å². The first kappa shape index (κ1) is 26.9. The van der Waals surface area contributed by atoms with Crippen molar-refractivity contribution >= 4 is 33.9 Å². The van der Waals surface area contributed by atoms with E-state index < -0.39 is 23.5 Å². The van der Waals surface area contributed by atoms with E-state index in [0.29, 0.717) is 35.9 Å². The minimum atomic E-state index is -4.86. The molecule has 2 heterocycles. The van der Waals surface area contributed by atoms with E-state index in [0.717, 1.165) is 23.3 Å². The number of anilines is 3. The van der Waals surface area contributed by atoms with Crippen LogP contribution in [0.1, 0.15) is 22.8 Å². The number of hydrogen-bond acceptors (Lipinski definition) is 8. The van der Waals surface area contributed by atoms with E-state index in [4.69, 9.17) is 9.47 Å². The van der Waals surface area contributed by atoms with Gasteiger partial charge in [0.2, 0.25) is 11.0 Å². The Morgan fingerprint density at radius 3 is 2.55 bits per heavy atom. The van der Waals surface area contributed by atoms with Gasteiger partial charge >= 0.3 is 6.18 Å². The van der Waals surface area contributed by atoms with E-state index in [2.05, 4.69) is 25.0 Å². The molecule has 4 rings (SSSR count). The molecule has 1 amide bonds. The van der Waals surface area contributed by atoms with Gasteiger partial charge in [-0.05, 0) is 55.5 Å². The average molecular weight is 548 g/mol. The van der Waals surface area contributed by atoms with Crippen molar-refractivity contribution in [1.82, 2.24) is 14.3 Å². The van der Waals surface area contributed by atoms with Crippen LogP contribution in [0.5, 0.6) is 5.88 Å². The SMILES string of the molecule is COCC(C)Oc1cc(Nc2ccc(C(=O)Nc3nc(-c4ccc(F)c(C(F)(F)F)c4)ns3)cc2)ccn1. The third kappa shape index (κ3) is 6.81. The summed E-state index contributed by atoms with van der Waals surface area (Å²) in [6.45, 7) is 2.29. The normalized spacial score (nSPS) is 12.2. The van der Waals surface area contributed by atoms with E-state index in [9.17, 15) is 22.4 Å². The number of benzene rings is 2. The third-order valence-electron chi connectivity index (χ3n) is 5.07. The third-order valence-corrected chi connectivity index (χ3v) is 5.70. The molecule has 0 spiro atoms. The average Bonchev–Trinajstić information content (AvgIpc) is 3.33. The van der Waals surface area contributed by atoms with Gasteiger partial charge in [0.1, 0.15) is 11.9 Å². The van der Waals surface area contributed by atoms with Crippen molar-refractivity contribution in [2.45, 2.75) is 19.2 Å². The number of halogens is 4. The van der Waals surface area contributed by atoms with E-state index in [1.807, 2.05) is 6.92 Å². The Hall–Kier alpha value is -4.10. The van der Waals surface area contributed by atoms with Crippen molar-refractivity contribution in [3.05, 3.63) is 77.7 Å². The first-order chi connectivity index (χ1) is 18.1. The van der Waals surface area contributed by atoms with Gasteiger partial charge in [-0.25, -0.2) is 9.37 Å². The molecule has 13 heteroatoms. The highest BCUT2D eigenvalue weighted by Crippen LogP contribution is 2.34. The van der Waals surface area contributed by atoms with Gasteiger partial charge in [-0.2, -0.15) is 22.5 Å². The number of amides is 1. The second-order valence-electron chi connectivity index (χ2n) is 8.04. The molecule has 0 saturated heterocycles. The van der Waals surface area contributed by atoms with Crippen LogP contribution in [0.25, 0.3) is 11.4 Å². The van der Waals surface area contributed by atoms with Crippen molar-refractivity contribution < 1.29 is 31.8 Å². The summed E-state index contributed by atoms with van der Waals surface area (Å²) in [6.07, 6.45) is -3.42. The molecular weight excluding hydrogens is 526 g/mol. The fourth-order valence-electron chi connectivity index (χ4n) is 3.34. The Morgan fingerprint density at radius 1 is 1.08 bits per heavy atom. The van der Waals surface area contributed by atoms with E-state index in [-0.39, 0.29) is 22.6 Å². The van der Waals surface area contributed by atoms with Crippen molar-refractivity contribution in [2.24, 2.45) is 0 Å². The Labute approximate surface area is 218 Å². The number of pyridine rings is 1. The molecule has 2 N–H and O–H groups in total. The number of rotatable bonds is 9. The highest BCUT2D eigenvalue weighted by molar-refractivity contribution is 7.10. The van der Waals surface area contributed by atoms with Crippen molar-refractivity contribution in [1.29, 1.82) is 0 Å². The number of nitrogens with zero attached hydrogens (tertiary/aromatic N) is 3. The number of aromatic nitrogens is 3. The molecule has 198 valence electrons. The van der Waals surface area contributed by atoms with Crippen LogP contribution in [0.3, 0.4) is 0 Å². The monoisotopic (exact) mass is 547 g/mol. The van der Waals surface area contributed by atoms with Crippen LogP contribution in [0.4, 0.5) is 34.1 Å². The number of methoxy groups -OCH3 is 1. The van der Waals surface area contributed by atoms with Gasteiger partial charge in [0.25, 0.3) is 5.91 Å². The van der Waals surface area contributed by atoms with Gasteiger partial charge < -0.3 is 14.8 Å². The quantitative estimate of drug-likeness (QED) is 0.242. The molecule has 0 aliphatic carbocycles. The molecule has 4 aromatic rings. The summed E-state index contributed by atoms with van der Waals surface area (Å²) in [4.78, 5) is 20.9. The fraction of sp³-hybridized carbons (Fsp3) is 0.200. The maximum atomic E-state index is 13.6. The summed E-state index contributed by atoms with van der Waals surface area (Å²) >= 11 is 0.792. The van der Waals surface area contributed by atoms with Crippen LogP contribution in [0.2, 0.25) is 0 Å². The van der Waals surface area contributed by atoms with Gasteiger partial charge in [-0.3, -0.25) is 10.1 Å². The zero-order chi connectivity index (χ0) is 27.3. The Balaban J connectivity index is 1.39. The molecule has 0 radical (unpaired) electrons. The molecule has 0 fully saturated rings. The first-order valence-corrected chi connectivity index (χ1v) is 11.9. The van der Waals surface area contributed by atoms with Gasteiger partial charge in [-0.1, -0.05) is 0 Å². The number of nitrogens with one attached hydrogen (secondary N) is 2. The first-order valence-electron chi connectivity index (χ1n) is 11.1. The molecule has 0 aliphatic rings. The number of alkyl halides is 3. The van der Waals surface area contributed by atoms with Crippen LogP contribution >= 0.6 is 11.5 Å². The molecule has 1 atom stereocenters. The van der Waals surface area contributed by atoms with Crippen molar-refractivity contribution in [3.63, 3.8) is 0 Å². The lowest BCUT2D eigenvalue weighted by Crippen LogP contribution is -2.18. The van der Waals surface area contributed by atoms with Crippen LogP contribution in [0.15, 0.2) is 60.8 Å². The molecule has 0 aliphatic heterocycles. The summed E-state index contributed by atoms with van der Waals surface area (Å²) in [6, 6.07) is 12.6. The minimum absolute atomic E-state index is 0.0243. The van der Waals surface area contributed by atoms with Crippen LogP contribution < -0.4 is 15.4 Å². The van der Waals surface area contributed by atoms with Gasteiger partial charge in [0.05, 0.1) is 12.2 Å². The number of carbonyl (C=O) groups excluding carboxylic acids is 1. The smallest absolute Gasteiger partial charge is 0.419 e. The van der Waals surface area contributed by atoms with E-state index in [1.165, 1.54) is 0 Å². The Kier molecular flexibility index (Phi) is 8.17. The molecule has 0 bridgehead atoms. The zero-order valence-electron chi connectivity index (χ0n) is 20.0. The van der Waals surface area contributed by atoms with Gasteiger partial charge in [0, 0.05) is 53.4 Å². The van der Waals surface area contributed by atoms with Crippen LogP contribution in [-0.4, -0.2) is 40.1 Å². The maximum Gasteiger partial charge on any atom is 0.419 e. The summed E-state index contributed by atoms with van der Waals surface area (Å²) in [5, 5.41) is 5.84. The van der Waals surface area contributed by atoms with E-state index >= 15 is 0 Å². The maximum absolute atomic E-state index is 13.6. The summed E-state index contributed by atoms with van der Waals surface area (Å²) in [7, 11) is 1.59. The number of ether oxygens (including phenoxy) is 2. The standard InChI is InChI=1S/C25H21F4N5O3S/c1-14(13-36-2)37-21-12-18(9-10-30-21)31-17-6-3-15(4-7-17)23(35)33-24-32-22(34-38-24)16-5-8-20(26)19(11-16)25(27,28)29/h3-12,14H,13H2,1-2H3,(H,30,31)(H,32,33,34,35). The minimum Gasteiger partial charge on any atom is -0.472 e. The van der Waals surface area contributed by atoms with E-state index in [1.54, 1.807) is 49.7 Å². The predicted octanol–water partition coefficient (Wildman–Crippen LogP) is 6.17. The molecular formula is C25H21F4N5O3S. The molecule has 0 saturated carbocycles. The lowest BCUT2D eigenvalue weighted by Gasteiger charge is -2.14. The summed E-state index contributed by atoms with van der Waals surface area (Å²) < 4.78 is 67.3. The van der Waals surface area contributed by atoms with Crippen LogP contribution in [-0.2, 0) is 10.9 Å². The zero-order valence-corrected chi connectivity index (χ0v) is 20.9. The number of carbonyl (C=O) groups is 1. The molecule has 8 nitrogen and oxygen atoms in total. The van der Waals surface area contributed by atoms with Crippen molar-refractivity contribution in [2.75, 3.05) is 24.4 Å². The topological polar surface area (TPSA) is 98.3 Å².